The molecule has 0 saturated heterocycles. The lowest BCUT2D eigenvalue weighted by Crippen LogP contribution is -2.37. The van der Waals surface area contributed by atoms with E-state index in [1.54, 1.807) is 7.05 Å². The van der Waals surface area contributed by atoms with Crippen LogP contribution in [0.5, 0.6) is 0 Å². The molecule has 1 heterocycles. The van der Waals surface area contributed by atoms with Crippen molar-refractivity contribution in [3.8, 4) is 0 Å². The number of hydrogen-bond donors (Lipinski definition) is 2. The van der Waals surface area contributed by atoms with Gasteiger partial charge in [-0.1, -0.05) is 13.8 Å². The number of carboxylic acids is 1. The molecule has 0 aliphatic rings. The van der Waals surface area contributed by atoms with Gasteiger partial charge < -0.3 is 15.3 Å². The number of carboxylic acid groups (broad SMARTS) is 1. The van der Waals surface area contributed by atoms with Crippen LogP contribution in [0.2, 0.25) is 0 Å². The lowest BCUT2D eigenvalue weighted by Gasteiger charge is -2.20. The highest BCUT2D eigenvalue weighted by Gasteiger charge is 2.17. The second-order valence-electron chi connectivity index (χ2n) is 4.88. The number of nitrogens with zero attached hydrogens (tertiary/aromatic N) is 2. The van der Waals surface area contributed by atoms with Gasteiger partial charge in [-0.3, -0.25) is 4.79 Å². The van der Waals surface area contributed by atoms with Crippen LogP contribution in [0.3, 0.4) is 0 Å². The average Bonchev–Trinajstić information content (AvgIpc) is 2.35. The number of anilines is 1. The van der Waals surface area contributed by atoms with Gasteiger partial charge in [0.25, 0.3) is 0 Å². The molecule has 0 aromatic carbocycles. The first-order valence-electron chi connectivity index (χ1n) is 6.18. The number of aromatic carboxylic acids is 1. The van der Waals surface area contributed by atoms with E-state index < -0.39 is 5.97 Å². The Hall–Kier alpha value is -1.63. The molecule has 1 amide bonds. The third kappa shape index (κ3) is 4.80. The van der Waals surface area contributed by atoms with Crippen LogP contribution >= 0.6 is 15.9 Å². The van der Waals surface area contributed by atoms with Crippen molar-refractivity contribution in [2.75, 3.05) is 25.0 Å². The zero-order chi connectivity index (χ0) is 15.3. The third-order valence-electron chi connectivity index (χ3n) is 2.51. The van der Waals surface area contributed by atoms with Gasteiger partial charge in [-0.2, -0.15) is 0 Å². The first-order chi connectivity index (χ1) is 9.31. The summed E-state index contributed by atoms with van der Waals surface area (Å²) in [6.07, 6.45) is 1.50. The minimum Gasteiger partial charge on any atom is -0.478 e. The van der Waals surface area contributed by atoms with Crippen molar-refractivity contribution in [1.82, 2.24) is 10.3 Å². The van der Waals surface area contributed by atoms with Crippen LogP contribution in [0.1, 0.15) is 24.2 Å². The van der Waals surface area contributed by atoms with E-state index in [4.69, 9.17) is 5.11 Å². The Morgan fingerprint density at radius 1 is 1.50 bits per heavy atom. The molecule has 6 nitrogen and oxygen atoms in total. The summed E-state index contributed by atoms with van der Waals surface area (Å²) in [7, 11) is 1.64. The maximum atomic E-state index is 11.7. The van der Waals surface area contributed by atoms with E-state index in [-0.39, 0.29) is 23.8 Å². The first kappa shape index (κ1) is 16.4. The minimum atomic E-state index is -1.08. The Kier molecular flexibility index (Phi) is 5.94. The van der Waals surface area contributed by atoms with Crippen LogP contribution in [0.25, 0.3) is 0 Å². The molecular formula is C13H18BrN3O3. The lowest BCUT2D eigenvalue weighted by atomic mass is 10.2. The van der Waals surface area contributed by atoms with Gasteiger partial charge in [0.2, 0.25) is 5.91 Å². The van der Waals surface area contributed by atoms with E-state index in [9.17, 15) is 9.59 Å². The van der Waals surface area contributed by atoms with E-state index >= 15 is 0 Å². The highest BCUT2D eigenvalue weighted by Crippen LogP contribution is 2.20. The van der Waals surface area contributed by atoms with Crippen molar-refractivity contribution in [3.05, 3.63) is 22.3 Å². The van der Waals surface area contributed by atoms with Gasteiger partial charge in [-0.25, -0.2) is 9.78 Å². The average molecular weight is 344 g/mol. The van der Waals surface area contributed by atoms with Crippen LogP contribution in [0.4, 0.5) is 5.82 Å². The van der Waals surface area contributed by atoms with Crippen LogP contribution in [0, 0.1) is 5.92 Å². The van der Waals surface area contributed by atoms with E-state index in [1.807, 2.05) is 13.8 Å². The molecule has 0 radical (unpaired) electrons. The number of aromatic nitrogens is 1. The minimum absolute atomic E-state index is 0.0542. The standard InChI is InChI=1S/C13H18BrN3O3/c1-8(2)5-15-11(18)7-17(3)12-10(13(19)20)4-9(14)6-16-12/h4,6,8H,5,7H2,1-3H3,(H,15,18)(H,19,20). The fraction of sp³-hybridized carbons (Fsp3) is 0.462. The molecule has 0 unspecified atom stereocenters. The molecule has 0 spiro atoms. The molecule has 110 valence electrons. The molecular weight excluding hydrogens is 326 g/mol. The van der Waals surface area contributed by atoms with E-state index in [0.717, 1.165) is 0 Å². The molecule has 0 saturated carbocycles. The topological polar surface area (TPSA) is 82.5 Å². The second-order valence-corrected chi connectivity index (χ2v) is 5.80. The summed E-state index contributed by atoms with van der Waals surface area (Å²) in [6, 6.07) is 1.47. The number of carbonyl (C=O) groups excluding carboxylic acids is 1. The van der Waals surface area contributed by atoms with Gasteiger partial charge in [0, 0.05) is 24.3 Å². The summed E-state index contributed by atoms with van der Waals surface area (Å²) in [5, 5.41) is 11.9. The molecule has 1 rings (SSSR count). The molecule has 0 aliphatic carbocycles. The number of halogens is 1. The number of amides is 1. The number of pyridine rings is 1. The summed E-state index contributed by atoms with van der Waals surface area (Å²) < 4.78 is 0.580. The summed E-state index contributed by atoms with van der Waals surface area (Å²) >= 11 is 3.18. The van der Waals surface area contributed by atoms with Crippen molar-refractivity contribution >= 4 is 33.6 Å². The summed E-state index contributed by atoms with van der Waals surface area (Å²) in [6.45, 7) is 4.65. The Morgan fingerprint density at radius 3 is 2.70 bits per heavy atom. The lowest BCUT2D eigenvalue weighted by molar-refractivity contribution is -0.119. The molecule has 1 aromatic rings. The van der Waals surface area contributed by atoms with Crippen LogP contribution in [-0.2, 0) is 4.79 Å². The molecule has 0 atom stereocenters. The third-order valence-corrected chi connectivity index (χ3v) is 2.95. The van der Waals surface area contributed by atoms with Gasteiger partial charge in [-0.05, 0) is 27.9 Å². The molecule has 7 heteroatoms. The molecule has 0 bridgehead atoms. The monoisotopic (exact) mass is 343 g/mol. The summed E-state index contributed by atoms with van der Waals surface area (Å²) in [5.41, 5.74) is 0.0542. The van der Waals surface area contributed by atoms with Gasteiger partial charge in [0.15, 0.2) is 0 Å². The maximum Gasteiger partial charge on any atom is 0.339 e. The maximum absolute atomic E-state index is 11.7. The highest BCUT2D eigenvalue weighted by atomic mass is 79.9. The first-order valence-corrected chi connectivity index (χ1v) is 6.97. The van der Waals surface area contributed by atoms with Crippen LogP contribution in [0.15, 0.2) is 16.7 Å². The Morgan fingerprint density at radius 2 is 2.15 bits per heavy atom. The Balaban J connectivity index is 2.79. The Bertz CT molecular complexity index is 506. The number of rotatable bonds is 6. The molecule has 1 aromatic heterocycles. The van der Waals surface area contributed by atoms with Gasteiger partial charge in [-0.15, -0.1) is 0 Å². The van der Waals surface area contributed by atoms with Crippen molar-refractivity contribution in [1.29, 1.82) is 0 Å². The summed E-state index contributed by atoms with van der Waals surface area (Å²) in [4.78, 5) is 28.5. The summed E-state index contributed by atoms with van der Waals surface area (Å²) in [5.74, 6) is -0.615. The predicted octanol–water partition coefficient (Wildman–Crippen LogP) is 1.75. The second kappa shape index (κ2) is 7.23. The van der Waals surface area contributed by atoms with Gasteiger partial charge in [0.05, 0.1) is 6.54 Å². The van der Waals surface area contributed by atoms with E-state index in [1.165, 1.54) is 17.2 Å². The van der Waals surface area contributed by atoms with Crippen LogP contribution in [-0.4, -0.2) is 42.1 Å². The molecule has 0 aliphatic heterocycles. The van der Waals surface area contributed by atoms with Gasteiger partial charge in [0.1, 0.15) is 11.4 Å². The van der Waals surface area contributed by atoms with E-state index in [0.29, 0.717) is 16.9 Å². The molecule has 2 N–H and O–H groups in total. The van der Waals surface area contributed by atoms with Gasteiger partial charge >= 0.3 is 5.97 Å². The number of nitrogens with one attached hydrogen (secondary N) is 1. The van der Waals surface area contributed by atoms with Crippen molar-refractivity contribution < 1.29 is 14.7 Å². The molecule has 0 fully saturated rings. The predicted molar refractivity (Wildman–Crippen MR) is 80.0 cm³/mol. The quantitative estimate of drug-likeness (QED) is 0.822. The van der Waals surface area contributed by atoms with Crippen molar-refractivity contribution in [3.63, 3.8) is 0 Å². The number of hydrogen-bond acceptors (Lipinski definition) is 4. The van der Waals surface area contributed by atoms with E-state index in [2.05, 4.69) is 26.2 Å². The highest BCUT2D eigenvalue weighted by molar-refractivity contribution is 9.10. The largest absolute Gasteiger partial charge is 0.478 e. The fourth-order valence-corrected chi connectivity index (χ4v) is 1.89. The smallest absolute Gasteiger partial charge is 0.339 e. The fourth-order valence-electron chi connectivity index (χ4n) is 1.56. The normalized spacial score (nSPS) is 10.4. The Labute approximate surface area is 126 Å². The zero-order valence-electron chi connectivity index (χ0n) is 11.7. The zero-order valence-corrected chi connectivity index (χ0v) is 13.3. The SMILES string of the molecule is CC(C)CNC(=O)CN(C)c1ncc(Br)cc1C(=O)O. The number of likely N-dealkylation sites (N-methyl/N-ethyl adjacent to an activating group) is 1. The van der Waals surface area contributed by atoms with Crippen LogP contribution < -0.4 is 10.2 Å². The number of carbonyl (C=O) groups is 2. The molecule has 20 heavy (non-hydrogen) atoms. The van der Waals surface area contributed by atoms with Crippen molar-refractivity contribution in [2.45, 2.75) is 13.8 Å². The van der Waals surface area contributed by atoms with Crippen molar-refractivity contribution in [2.24, 2.45) is 5.92 Å².